The lowest BCUT2D eigenvalue weighted by molar-refractivity contribution is -0.140. The van der Waals surface area contributed by atoms with E-state index in [1.54, 1.807) is 20.8 Å². The van der Waals surface area contributed by atoms with E-state index in [1.165, 1.54) is 0 Å². The smallest absolute Gasteiger partial charge is 0.408 e. The van der Waals surface area contributed by atoms with E-state index in [1.807, 2.05) is 4.90 Å². The molecule has 2 aliphatic heterocycles. The first-order valence-electron chi connectivity index (χ1n) is 8.21. The topological polar surface area (TPSA) is 95.9 Å². The predicted molar refractivity (Wildman–Crippen MR) is 82.9 cm³/mol. The molecule has 0 aromatic rings. The molecular weight excluding hydrogens is 300 g/mol. The summed E-state index contributed by atoms with van der Waals surface area (Å²) in [7, 11) is 0. The van der Waals surface area contributed by atoms with E-state index < -0.39 is 23.7 Å². The van der Waals surface area contributed by atoms with Crippen molar-refractivity contribution in [3.8, 4) is 0 Å². The normalized spacial score (nSPS) is 24.4. The number of amides is 2. The number of ether oxygens (including phenoxy) is 1. The summed E-state index contributed by atoms with van der Waals surface area (Å²) in [5.74, 6) is -1.17. The van der Waals surface area contributed by atoms with Crippen LogP contribution in [0.2, 0.25) is 0 Å². The van der Waals surface area contributed by atoms with Crippen LogP contribution in [0, 0.1) is 0 Å². The van der Waals surface area contributed by atoms with E-state index >= 15 is 0 Å². The van der Waals surface area contributed by atoms with Gasteiger partial charge in [-0.1, -0.05) is 0 Å². The molecule has 7 heteroatoms. The molecule has 23 heavy (non-hydrogen) atoms. The molecule has 130 valence electrons. The Balaban J connectivity index is 1.84. The number of hydrogen-bond donors (Lipinski definition) is 2. The number of carbonyl (C=O) groups is 3. The Labute approximate surface area is 136 Å². The van der Waals surface area contributed by atoms with Crippen LogP contribution in [-0.4, -0.2) is 51.7 Å². The molecule has 2 N–H and O–H groups in total. The molecule has 0 aromatic carbocycles. The van der Waals surface area contributed by atoms with Gasteiger partial charge in [0.2, 0.25) is 5.91 Å². The summed E-state index contributed by atoms with van der Waals surface area (Å²) < 4.78 is 5.06. The van der Waals surface area contributed by atoms with Crippen LogP contribution in [0.3, 0.4) is 0 Å². The molecule has 0 unspecified atom stereocenters. The van der Waals surface area contributed by atoms with Crippen LogP contribution in [0.5, 0.6) is 0 Å². The fourth-order valence-electron chi connectivity index (χ4n) is 3.42. The molecule has 1 atom stereocenters. The highest BCUT2D eigenvalue weighted by Gasteiger charge is 2.41. The first kappa shape index (κ1) is 17.6. The van der Waals surface area contributed by atoms with Gasteiger partial charge in [0.25, 0.3) is 0 Å². The third-order valence-corrected chi connectivity index (χ3v) is 4.38. The number of alkyl carbamates (subject to hydrolysis) is 1. The van der Waals surface area contributed by atoms with Crippen molar-refractivity contribution in [1.82, 2.24) is 10.2 Å². The number of carboxylic acid groups (broad SMARTS) is 1. The monoisotopic (exact) mass is 326 g/mol. The molecule has 2 saturated heterocycles. The minimum atomic E-state index is -1.16. The van der Waals surface area contributed by atoms with E-state index in [0.717, 1.165) is 25.7 Å². The average Bonchev–Trinajstić information content (AvgIpc) is 3.00. The zero-order valence-electron chi connectivity index (χ0n) is 14.0. The number of nitrogens with zero attached hydrogens (tertiary/aromatic N) is 1. The lowest BCUT2D eigenvalue weighted by atomic mass is 10.0. The van der Waals surface area contributed by atoms with Gasteiger partial charge in [-0.2, -0.15) is 0 Å². The molecule has 0 radical (unpaired) electrons. The van der Waals surface area contributed by atoms with Gasteiger partial charge in [-0.05, 0) is 52.9 Å². The number of hydrogen-bond acceptors (Lipinski definition) is 4. The summed E-state index contributed by atoms with van der Waals surface area (Å²) in [4.78, 5) is 37.2. The zero-order chi connectivity index (χ0) is 17.2. The molecule has 2 amide bonds. The Morgan fingerprint density at radius 2 is 1.70 bits per heavy atom. The van der Waals surface area contributed by atoms with E-state index in [2.05, 4.69) is 5.32 Å². The second-order valence-corrected chi connectivity index (χ2v) is 7.34. The number of fused-ring (bicyclic) bond motifs is 2. The van der Waals surface area contributed by atoms with E-state index in [-0.39, 0.29) is 18.7 Å². The van der Waals surface area contributed by atoms with Crippen LogP contribution in [0.15, 0.2) is 0 Å². The van der Waals surface area contributed by atoms with E-state index in [4.69, 9.17) is 4.74 Å². The maximum Gasteiger partial charge on any atom is 0.408 e. The summed E-state index contributed by atoms with van der Waals surface area (Å²) >= 11 is 0. The summed E-state index contributed by atoms with van der Waals surface area (Å²) in [6.07, 6.45) is 3.62. The van der Waals surface area contributed by atoms with Crippen molar-refractivity contribution in [1.29, 1.82) is 0 Å². The van der Waals surface area contributed by atoms with Crippen molar-refractivity contribution in [3.63, 3.8) is 0 Å². The number of carboxylic acids is 1. The molecule has 0 saturated carbocycles. The largest absolute Gasteiger partial charge is 0.480 e. The second-order valence-electron chi connectivity index (χ2n) is 7.34. The fraction of sp³-hybridized carbons (Fsp3) is 0.812. The van der Waals surface area contributed by atoms with Crippen LogP contribution >= 0.6 is 0 Å². The molecule has 2 aliphatic rings. The molecule has 0 aromatic heterocycles. The highest BCUT2D eigenvalue weighted by molar-refractivity contribution is 5.82. The lowest BCUT2D eigenvalue weighted by Gasteiger charge is -2.24. The molecule has 0 spiro atoms. The zero-order valence-corrected chi connectivity index (χ0v) is 14.0. The summed E-state index contributed by atoms with van der Waals surface area (Å²) in [5, 5.41) is 11.5. The minimum Gasteiger partial charge on any atom is -0.480 e. The van der Waals surface area contributed by atoms with Gasteiger partial charge in [-0.3, -0.25) is 4.79 Å². The van der Waals surface area contributed by atoms with Gasteiger partial charge in [0.15, 0.2) is 0 Å². The number of carbonyl (C=O) groups excluding carboxylic acids is 2. The Kier molecular flexibility index (Phi) is 5.16. The summed E-state index contributed by atoms with van der Waals surface area (Å²) in [5.41, 5.74) is -0.697. The summed E-state index contributed by atoms with van der Waals surface area (Å²) in [6.45, 7) is 5.11. The van der Waals surface area contributed by atoms with Crippen LogP contribution in [-0.2, 0) is 14.3 Å². The third-order valence-electron chi connectivity index (χ3n) is 4.38. The molecule has 7 nitrogen and oxygen atoms in total. The third kappa shape index (κ3) is 4.59. The Morgan fingerprint density at radius 3 is 2.13 bits per heavy atom. The van der Waals surface area contributed by atoms with Gasteiger partial charge in [-0.15, -0.1) is 0 Å². The first-order chi connectivity index (χ1) is 10.7. The number of nitrogens with one attached hydrogen (secondary N) is 1. The summed E-state index contributed by atoms with van der Waals surface area (Å²) in [6, 6.07) is -0.460. The molecule has 2 fully saturated rings. The number of rotatable bonds is 5. The van der Waals surface area contributed by atoms with Crippen LogP contribution in [0.1, 0.15) is 59.3 Å². The van der Waals surface area contributed by atoms with Gasteiger partial charge in [0, 0.05) is 18.5 Å². The number of aliphatic carboxylic acids is 1. The predicted octanol–water partition coefficient (Wildman–Crippen LogP) is 1.90. The van der Waals surface area contributed by atoms with Crippen LogP contribution in [0.4, 0.5) is 4.79 Å². The van der Waals surface area contributed by atoms with Crippen molar-refractivity contribution in [3.05, 3.63) is 0 Å². The fourth-order valence-corrected chi connectivity index (χ4v) is 3.42. The van der Waals surface area contributed by atoms with Crippen LogP contribution < -0.4 is 5.32 Å². The minimum absolute atomic E-state index is 0.00719. The maximum atomic E-state index is 12.3. The van der Waals surface area contributed by atoms with Gasteiger partial charge in [0.05, 0.1) is 0 Å². The standard InChI is InChI=1S/C16H26N2O5/c1-16(2,3)23-15(22)17-12(14(20)21)8-9-13(19)18-10-4-5-11(18)7-6-10/h10-12H,4-9H2,1-3H3,(H,17,22)(H,20,21)/t10?,11?,12-/m1/s1. The van der Waals surface area contributed by atoms with Crippen LogP contribution in [0.25, 0.3) is 0 Å². The van der Waals surface area contributed by atoms with E-state index in [9.17, 15) is 19.5 Å². The quantitative estimate of drug-likeness (QED) is 0.804. The van der Waals surface area contributed by atoms with E-state index in [0.29, 0.717) is 12.1 Å². The molecular formula is C16H26N2O5. The van der Waals surface area contributed by atoms with Crippen molar-refractivity contribution in [2.24, 2.45) is 0 Å². The highest BCUT2D eigenvalue weighted by Crippen LogP contribution is 2.37. The van der Waals surface area contributed by atoms with Crippen molar-refractivity contribution < 1.29 is 24.2 Å². The Hall–Kier alpha value is -1.79. The average molecular weight is 326 g/mol. The van der Waals surface area contributed by atoms with Crippen molar-refractivity contribution in [2.75, 3.05) is 0 Å². The van der Waals surface area contributed by atoms with Gasteiger partial charge in [0.1, 0.15) is 11.6 Å². The molecule has 2 bridgehead atoms. The second kappa shape index (κ2) is 6.76. The first-order valence-corrected chi connectivity index (χ1v) is 8.21. The highest BCUT2D eigenvalue weighted by atomic mass is 16.6. The van der Waals surface area contributed by atoms with Gasteiger partial charge >= 0.3 is 12.1 Å². The maximum absolute atomic E-state index is 12.3. The van der Waals surface area contributed by atoms with Gasteiger partial charge < -0.3 is 20.1 Å². The lowest BCUT2D eigenvalue weighted by Crippen LogP contribution is -2.44. The SMILES string of the molecule is CC(C)(C)OC(=O)N[C@H](CCC(=O)N1C2CCC1CC2)C(=O)O. The van der Waals surface area contributed by atoms with Crippen molar-refractivity contribution in [2.45, 2.75) is 83.0 Å². The molecule has 0 aliphatic carbocycles. The van der Waals surface area contributed by atoms with Gasteiger partial charge in [-0.25, -0.2) is 9.59 Å². The Morgan fingerprint density at radius 1 is 1.17 bits per heavy atom. The molecule has 2 rings (SSSR count). The molecule has 2 heterocycles. The van der Waals surface area contributed by atoms with Crippen molar-refractivity contribution >= 4 is 18.0 Å². The Bertz CT molecular complexity index is 465.